The lowest BCUT2D eigenvalue weighted by atomic mass is 9.88. The van der Waals surface area contributed by atoms with E-state index in [-0.39, 0.29) is 0 Å². The third-order valence-corrected chi connectivity index (χ3v) is 3.12. The quantitative estimate of drug-likeness (QED) is 0.637. The molecule has 1 heterocycles. The maximum Gasteiger partial charge on any atom is 0.412 e. The molecule has 0 saturated heterocycles. The number of carbonyl (C=O) groups is 2. The van der Waals surface area contributed by atoms with Crippen LogP contribution in [0.15, 0.2) is 48.5 Å². The Hall–Kier alpha value is -2.82. The summed E-state index contributed by atoms with van der Waals surface area (Å²) in [5, 5.41) is 0. The van der Waals surface area contributed by atoms with Crippen molar-refractivity contribution in [3.05, 3.63) is 59.7 Å². The summed E-state index contributed by atoms with van der Waals surface area (Å²) in [6.07, 6.45) is -1.11. The van der Waals surface area contributed by atoms with E-state index in [1.807, 2.05) is 12.1 Å². The third kappa shape index (κ3) is 1.99. The van der Waals surface area contributed by atoms with Crippen LogP contribution in [0.4, 0.5) is 4.79 Å². The number of rotatable bonds is 1. The number of amides is 1. The number of ether oxygens (including phenoxy) is 2. The molecule has 100 valence electrons. The molecule has 20 heavy (non-hydrogen) atoms. The second-order valence-electron chi connectivity index (χ2n) is 4.35. The first-order valence-electron chi connectivity index (χ1n) is 6.03. The van der Waals surface area contributed by atoms with Crippen molar-refractivity contribution >= 4 is 12.1 Å². The minimum atomic E-state index is -1.11. The van der Waals surface area contributed by atoms with E-state index in [9.17, 15) is 9.59 Å². The van der Waals surface area contributed by atoms with Gasteiger partial charge in [-0.15, -0.1) is 0 Å². The van der Waals surface area contributed by atoms with Gasteiger partial charge >= 0.3 is 12.1 Å². The van der Waals surface area contributed by atoms with Gasteiger partial charge in [-0.2, -0.15) is 0 Å². The normalized spacial score (nSPS) is 12.8. The Morgan fingerprint density at radius 3 is 1.95 bits per heavy atom. The molecule has 5 nitrogen and oxygen atoms in total. The molecule has 0 atom stereocenters. The van der Waals surface area contributed by atoms with Crippen LogP contribution < -0.4 is 10.5 Å². The number of primary amides is 1. The molecule has 1 aliphatic heterocycles. The predicted octanol–water partition coefficient (Wildman–Crippen LogP) is 2.55. The van der Waals surface area contributed by atoms with Gasteiger partial charge in [0.25, 0.3) is 0 Å². The number of carbonyl (C=O) groups excluding carboxylic acids is 2. The van der Waals surface area contributed by atoms with Crippen LogP contribution in [0.2, 0.25) is 0 Å². The van der Waals surface area contributed by atoms with Crippen molar-refractivity contribution in [1.82, 2.24) is 0 Å². The molecular weight excluding hydrogens is 258 g/mol. The summed E-state index contributed by atoms with van der Waals surface area (Å²) >= 11 is 0. The molecule has 3 rings (SSSR count). The van der Waals surface area contributed by atoms with Gasteiger partial charge in [0, 0.05) is 11.1 Å². The Morgan fingerprint density at radius 2 is 1.45 bits per heavy atom. The molecule has 1 aliphatic rings. The molecule has 5 heteroatoms. The molecule has 1 amide bonds. The van der Waals surface area contributed by atoms with Crippen molar-refractivity contribution in [3.63, 3.8) is 0 Å². The molecule has 0 radical (unpaired) electrons. The van der Waals surface area contributed by atoms with E-state index in [2.05, 4.69) is 4.74 Å². The zero-order valence-electron chi connectivity index (χ0n) is 10.4. The number of hydrogen-bond acceptors (Lipinski definition) is 4. The lowest BCUT2D eigenvalue weighted by Gasteiger charge is -2.26. The van der Waals surface area contributed by atoms with E-state index < -0.39 is 18.0 Å². The second-order valence-corrected chi connectivity index (χ2v) is 4.35. The summed E-state index contributed by atoms with van der Waals surface area (Å²) in [5.41, 5.74) is 6.23. The van der Waals surface area contributed by atoms with Gasteiger partial charge in [-0.25, -0.2) is 4.79 Å². The molecular formula is C15H11NO4. The summed E-state index contributed by atoms with van der Waals surface area (Å²) in [6.45, 7) is 0. The first-order valence-corrected chi connectivity index (χ1v) is 6.03. The molecule has 0 fully saturated rings. The van der Waals surface area contributed by atoms with Crippen molar-refractivity contribution in [1.29, 1.82) is 0 Å². The fourth-order valence-corrected chi connectivity index (χ4v) is 2.32. The molecule has 2 aromatic rings. The monoisotopic (exact) mass is 269 g/mol. The molecule has 2 aromatic carbocycles. The van der Waals surface area contributed by atoms with Gasteiger partial charge < -0.3 is 15.2 Å². The average molecular weight is 269 g/mol. The van der Waals surface area contributed by atoms with Crippen LogP contribution in [0.3, 0.4) is 0 Å². The first kappa shape index (κ1) is 12.2. The second kappa shape index (κ2) is 4.70. The van der Waals surface area contributed by atoms with Crippen molar-refractivity contribution in [2.75, 3.05) is 0 Å². The van der Waals surface area contributed by atoms with Crippen LogP contribution in [0, 0.1) is 0 Å². The van der Waals surface area contributed by atoms with Crippen LogP contribution in [0.5, 0.6) is 11.5 Å². The molecule has 0 aliphatic carbocycles. The highest BCUT2D eigenvalue weighted by atomic mass is 16.6. The molecule has 2 N–H and O–H groups in total. The fraction of sp³-hybridized carbons (Fsp3) is 0.0667. The number of para-hydroxylation sites is 2. The SMILES string of the molecule is NC(=O)OC(=O)C1c2ccccc2Oc2ccccc21. The van der Waals surface area contributed by atoms with Gasteiger partial charge in [0.05, 0.1) is 0 Å². The smallest absolute Gasteiger partial charge is 0.412 e. The minimum Gasteiger partial charge on any atom is -0.457 e. The zero-order valence-corrected chi connectivity index (χ0v) is 10.4. The van der Waals surface area contributed by atoms with Gasteiger partial charge in [-0.1, -0.05) is 36.4 Å². The van der Waals surface area contributed by atoms with Crippen LogP contribution in [-0.2, 0) is 9.53 Å². The van der Waals surface area contributed by atoms with Crippen molar-refractivity contribution in [2.45, 2.75) is 5.92 Å². The fourth-order valence-electron chi connectivity index (χ4n) is 2.32. The summed E-state index contributed by atoms with van der Waals surface area (Å²) < 4.78 is 10.3. The Balaban J connectivity index is 2.12. The predicted molar refractivity (Wildman–Crippen MR) is 70.5 cm³/mol. The summed E-state index contributed by atoms with van der Waals surface area (Å²) in [7, 11) is 0. The standard InChI is InChI=1S/C15H11NO4/c16-15(18)20-14(17)13-9-5-1-3-7-11(9)19-12-8-4-2-6-10(12)13/h1-8,13H,(H2,16,18). The van der Waals surface area contributed by atoms with Crippen molar-refractivity contribution < 1.29 is 19.1 Å². The highest BCUT2D eigenvalue weighted by Gasteiger charge is 2.34. The Morgan fingerprint density at radius 1 is 0.950 bits per heavy atom. The van der Waals surface area contributed by atoms with E-state index in [0.717, 1.165) is 0 Å². The van der Waals surface area contributed by atoms with E-state index in [1.54, 1.807) is 36.4 Å². The van der Waals surface area contributed by atoms with E-state index in [4.69, 9.17) is 10.5 Å². The molecule has 0 spiro atoms. The summed E-state index contributed by atoms with van der Waals surface area (Å²) in [5.74, 6) is -0.292. The van der Waals surface area contributed by atoms with Gasteiger partial charge in [0.15, 0.2) is 0 Å². The topological polar surface area (TPSA) is 78.6 Å². The third-order valence-electron chi connectivity index (χ3n) is 3.12. The van der Waals surface area contributed by atoms with E-state index in [0.29, 0.717) is 22.6 Å². The highest BCUT2D eigenvalue weighted by Crippen LogP contribution is 2.44. The lowest BCUT2D eigenvalue weighted by molar-refractivity contribution is -0.137. The van der Waals surface area contributed by atoms with Crippen molar-refractivity contribution in [2.24, 2.45) is 5.73 Å². The minimum absolute atomic E-state index is 0.567. The molecule has 0 bridgehead atoms. The summed E-state index contributed by atoms with van der Waals surface area (Å²) in [6, 6.07) is 14.2. The number of hydrogen-bond donors (Lipinski definition) is 1. The van der Waals surface area contributed by atoms with E-state index in [1.165, 1.54) is 0 Å². The number of fused-ring (bicyclic) bond motifs is 2. The number of esters is 1. The Bertz CT molecular complexity index is 650. The average Bonchev–Trinajstić information content (AvgIpc) is 2.43. The van der Waals surface area contributed by atoms with Crippen LogP contribution in [0.25, 0.3) is 0 Å². The maximum atomic E-state index is 12.2. The van der Waals surface area contributed by atoms with E-state index >= 15 is 0 Å². The van der Waals surface area contributed by atoms with Crippen LogP contribution in [-0.4, -0.2) is 12.1 Å². The number of nitrogens with two attached hydrogens (primary N) is 1. The first-order chi connectivity index (χ1) is 9.66. The van der Waals surface area contributed by atoms with Gasteiger partial charge in [-0.05, 0) is 12.1 Å². The van der Waals surface area contributed by atoms with Gasteiger partial charge in [0.2, 0.25) is 0 Å². The summed E-state index contributed by atoms with van der Waals surface area (Å²) in [4.78, 5) is 23.0. The lowest BCUT2D eigenvalue weighted by Crippen LogP contribution is -2.26. The molecule has 0 aromatic heterocycles. The Kier molecular flexibility index (Phi) is 2.87. The maximum absolute atomic E-state index is 12.2. The molecule has 0 unspecified atom stereocenters. The van der Waals surface area contributed by atoms with Gasteiger partial charge in [0.1, 0.15) is 17.4 Å². The zero-order chi connectivity index (χ0) is 14.1. The largest absolute Gasteiger partial charge is 0.457 e. The molecule has 0 saturated carbocycles. The highest BCUT2D eigenvalue weighted by molar-refractivity contribution is 5.92. The Labute approximate surface area is 114 Å². The van der Waals surface area contributed by atoms with Crippen LogP contribution in [0.1, 0.15) is 17.0 Å². The van der Waals surface area contributed by atoms with Gasteiger partial charge in [-0.3, -0.25) is 4.79 Å². The van der Waals surface area contributed by atoms with Crippen molar-refractivity contribution in [3.8, 4) is 11.5 Å². The van der Waals surface area contributed by atoms with Crippen LogP contribution >= 0.6 is 0 Å². The number of benzene rings is 2.